The molecule has 5 aromatic carbocycles. The Morgan fingerprint density at radius 3 is 1.98 bits per heavy atom. The molecule has 9 rings (SSSR count). The van der Waals surface area contributed by atoms with Crippen LogP contribution >= 0.6 is 11.3 Å². The maximum absolute atomic E-state index is 6.58. The SMILES string of the molecule is C=C/C=C(\C=C/C)c1ccc(-c2nc(/C(=C/C)c3c(C=C)oc4cc(-c5nc(-c6ccccc6)c6sc7ccccc7c6n5)ccc34)nc(-c3ccccc3)n2)cc1. The van der Waals surface area contributed by atoms with Gasteiger partial charge in [0.2, 0.25) is 0 Å². The lowest BCUT2D eigenvalue weighted by Crippen LogP contribution is -2.04. The van der Waals surface area contributed by atoms with Gasteiger partial charge in [0.15, 0.2) is 23.3 Å². The summed E-state index contributed by atoms with van der Waals surface area (Å²) in [6, 6.07) is 43.1. The van der Waals surface area contributed by atoms with Crippen molar-refractivity contribution in [3.8, 4) is 45.4 Å². The van der Waals surface area contributed by atoms with E-state index in [0.717, 1.165) is 71.2 Å². The zero-order valence-corrected chi connectivity index (χ0v) is 32.9. The van der Waals surface area contributed by atoms with Gasteiger partial charge in [-0.1, -0.05) is 153 Å². The first-order valence-corrected chi connectivity index (χ1v) is 19.9. The molecule has 0 radical (unpaired) electrons. The zero-order valence-electron chi connectivity index (χ0n) is 32.1. The molecule has 0 N–H and O–H groups in total. The van der Waals surface area contributed by atoms with Crippen molar-refractivity contribution in [2.24, 2.45) is 0 Å². The molecule has 0 aliphatic heterocycles. The Kier molecular flexibility index (Phi) is 9.79. The molecule has 4 heterocycles. The highest BCUT2D eigenvalue weighted by molar-refractivity contribution is 7.26. The molecule has 0 atom stereocenters. The number of rotatable bonds is 10. The fourth-order valence-electron chi connectivity index (χ4n) is 7.28. The van der Waals surface area contributed by atoms with Crippen LogP contribution in [0.15, 0.2) is 175 Å². The van der Waals surface area contributed by atoms with Gasteiger partial charge in [0.1, 0.15) is 11.3 Å². The summed E-state index contributed by atoms with van der Waals surface area (Å²) in [5.74, 6) is 2.90. The Morgan fingerprint density at radius 1 is 0.638 bits per heavy atom. The lowest BCUT2D eigenvalue weighted by atomic mass is 9.99. The second kappa shape index (κ2) is 15.7. The highest BCUT2D eigenvalue weighted by atomic mass is 32.1. The largest absolute Gasteiger partial charge is 0.456 e. The number of fused-ring (bicyclic) bond motifs is 4. The summed E-state index contributed by atoms with van der Waals surface area (Å²) in [6.45, 7) is 12.0. The third-order valence-electron chi connectivity index (χ3n) is 10.0. The molecule has 278 valence electrons. The van der Waals surface area contributed by atoms with Gasteiger partial charge in [-0.15, -0.1) is 11.3 Å². The van der Waals surface area contributed by atoms with Crippen LogP contribution in [0.4, 0.5) is 0 Å². The molecule has 0 bridgehead atoms. The Morgan fingerprint density at radius 2 is 1.29 bits per heavy atom. The van der Waals surface area contributed by atoms with E-state index in [1.807, 2.05) is 98.8 Å². The molecule has 9 aromatic rings. The average Bonchev–Trinajstić information content (AvgIpc) is 3.85. The Bertz CT molecular complexity index is 3100. The number of thiophene rings is 1. The Labute approximate surface area is 340 Å². The van der Waals surface area contributed by atoms with E-state index in [1.54, 1.807) is 23.5 Å². The Balaban J connectivity index is 1.17. The van der Waals surface area contributed by atoms with Gasteiger partial charge in [0.25, 0.3) is 0 Å². The topological polar surface area (TPSA) is 77.6 Å². The quantitative estimate of drug-likeness (QED) is 0.129. The monoisotopic (exact) mass is 767 g/mol. The molecule has 0 saturated carbocycles. The van der Waals surface area contributed by atoms with Crippen molar-refractivity contribution in [3.05, 3.63) is 194 Å². The number of aromatic nitrogens is 5. The lowest BCUT2D eigenvalue weighted by molar-refractivity contribution is 0.603. The van der Waals surface area contributed by atoms with Gasteiger partial charge in [-0.05, 0) is 49.3 Å². The molecule has 0 spiro atoms. The second-order valence-corrected chi connectivity index (χ2v) is 14.7. The van der Waals surface area contributed by atoms with E-state index in [2.05, 4.69) is 79.9 Å². The standard InChI is InChI=1S/C51H37N5OS/c1-5-17-32(18-6-2)33-25-27-36(28-26-33)49-54-48(35-21-13-10-14-22-35)55-51(56-49)38(7-3)44-39-30-29-37(31-42(39)57-41(44)8-4)50-52-45(34-19-11-9-12-20-34)47-46(53-50)40-23-15-16-24-43(40)58-47/h5-31H,1,4H2,2-3H3/b18-6-,32-17+,38-7+. The van der Waals surface area contributed by atoms with Gasteiger partial charge in [0.05, 0.1) is 15.9 Å². The summed E-state index contributed by atoms with van der Waals surface area (Å²) < 4.78 is 8.82. The molecule has 7 heteroatoms. The number of benzene rings is 5. The van der Waals surface area contributed by atoms with Crippen molar-refractivity contribution in [1.82, 2.24) is 24.9 Å². The maximum Gasteiger partial charge on any atom is 0.164 e. The molecule has 4 aromatic heterocycles. The lowest BCUT2D eigenvalue weighted by Gasteiger charge is -2.11. The first-order chi connectivity index (χ1) is 28.6. The van der Waals surface area contributed by atoms with Gasteiger partial charge in [0, 0.05) is 48.9 Å². The van der Waals surface area contributed by atoms with Crippen LogP contribution in [-0.2, 0) is 0 Å². The summed E-state index contributed by atoms with van der Waals surface area (Å²) in [6.07, 6.45) is 11.6. The van der Waals surface area contributed by atoms with E-state index < -0.39 is 0 Å². The normalized spacial score (nSPS) is 12.2. The van der Waals surface area contributed by atoms with Crippen LogP contribution in [0.2, 0.25) is 0 Å². The summed E-state index contributed by atoms with van der Waals surface area (Å²) in [5.41, 5.74) is 9.96. The molecule has 6 nitrogen and oxygen atoms in total. The van der Waals surface area contributed by atoms with Crippen LogP contribution in [-0.4, -0.2) is 24.9 Å². The number of nitrogens with zero attached hydrogens (tertiary/aromatic N) is 5. The van der Waals surface area contributed by atoms with Crippen molar-refractivity contribution in [2.45, 2.75) is 13.8 Å². The summed E-state index contributed by atoms with van der Waals surface area (Å²) in [5, 5.41) is 2.01. The first kappa shape index (κ1) is 36.3. The van der Waals surface area contributed by atoms with Gasteiger partial charge in [-0.3, -0.25) is 0 Å². The van der Waals surface area contributed by atoms with Gasteiger partial charge < -0.3 is 4.42 Å². The number of allylic oxidation sites excluding steroid dienone is 6. The molecule has 58 heavy (non-hydrogen) atoms. The van der Waals surface area contributed by atoms with Crippen molar-refractivity contribution >= 4 is 59.8 Å². The molecule has 0 amide bonds. The summed E-state index contributed by atoms with van der Waals surface area (Å²) in [7, 11) is 0. The average molecular weight is 768 g/mol. The predicted octanol–water partition coefficient (Wildman–Crippen LogP) is 13.7. The first-order valence-electron chi connectivity index (χ1n) is 19.1. The van der Waals surface area contributed by atoms with E-state index >= 15 is 0 Å². The molecule has 0 unspecified atom stereocenters. The van der Waals surface area contributed by atoms with Crippen molar-refractivity contribution in [3.63, 3.8) is 0 Å². The molecule has 0 saturated heterocycles. The van der Waals surface area contributed by atoms with Crippen molar-refractivity contribution in [2.75, 3.05) is 0 Å². The van der Waals surface area contributed by atoms with E-state index in [4.69, 9.17) is 29.3 Å². The van der Waals surface area contributed by atoms with Gasteiger partial charge >= 0.3 is 0 Å². The zero-order chi connectivity index (χ0) is 39.6. The third kappa shape index (κ3) is 6.67. The van der Waals surface area contributed by atoms with Gasteiger partial charge in [-0.25, -0.2) is 24.9 Å². The van der Waals surface area contributed by atoms with Crippen LogP contribution in [0.3, 0.4) is 0 Å². The van der Waals surface area contributed by atoms with Crippen LogP contribution < -0.4 is 0 Å². The summed E-state index contributed by atoms with van der Waals surface area (Å²) >= 11 is 1.72. The number of hydrogen-bond acceptors (Lipinski definition) is 7. The predicted molar refractivity (Wildman–Crippen MR) is 242 cm³/mol. The van der Waals surface area contributed by atoms with Crippen LogP contribution in [0.25, 0.3) is 93.9 Å². The highest BCUT2D eigenvalue weighted by Crippen LogP contribution is 2.41. The minimum Gasteiger partial charge on any atom is -0.456 e. The van der Waals surface area contributed by atoms with Crippen molar-refractivity contribution in [1.29, 1.82) is 0 Å². The molecule has 0 fully saturated rings. The van der Waals surface area contributed by atoms with E-state index in [0.29, 0.717) is 34.6 Å². The molecular weight excluding hydrogens is 731 g/mol. The van der Waals surface area contributed by atoms with Gasteiger partial charge in [-0.2, -0.15) is 0 Å². The number of hydrogen-bond donors (Lipinski definition) is 0. The van der Waals surface area contributed by atoms with Crippen LogP contribution in [0, 0.1) is 0 Å². The third-order valence-corrected chi connectivity index (χ3v) is 11.2. The van der Waals surface area contributed by atoms with Crippen molar-refractivity contribution < 1.29 is 4.42 Å². The fourth-order valence-corrected chi connectivity index (χ4v) is 8.43. The minimum atomic E-state index is 0.525. The smallest absolute Gasteiger partial charge is 0.164 e. The fraction of sp³-hybridized carbons (Fsp3) is 0.0392. The minimum absolute atomic E-state index is 0.525. The molecule has 0 aliphatic rings. The summed E-state index contributed by atoms with van der Waals surface area (Å²) in [4.78, 5) is 25.5. The van der Waals surface area contributed by atoms with E-state index in [1.165, 1.54) is 4.70 Å². The van der Waals surface area contributed by atoms with E-state index in [-0.39, 0.29) is 0 Å². The highest BCUT2D eigenvalue weighted by Gasteiger charge is 2.23. The molecular formula is C51H37N5OS. The second-order valence-electron chi connectivity index (χ2n) is 13.6. The molecule has 0 aliphatic carbocycles. The number of furan rings is 1. The Hall–Kier alpha value is -7.35. The van der Waals surface area contributed by atoms with Crippen LogP contribution in [0.1, 0.15) is 36.6 Å². The van der Waals surface area contributed by atoms with Crippen LogP contribution in [0.5, 0.6) is 0 Å². The van der Waals surface area contributed by atoms with E-state index in [9.17, 15) is 0 Å². The maximum atomic E-state index is 6.58.